The molecule has 2 aliphatic rings. The quantitative estimate of drug-likeness (QED) is 0.850. The highest BCUT2D eigenvalue weighted by atomic mass is 16.6. The van der Waals surface area contributed by atoms with Crippen molar-refractivity contribution in [2.45, 2.75) is 58.2 Å². The van der Waals surface area contributed by atoms with E-state index in [4.69, 9.17) is 9.47 Å². The number of aliphatic hydroxyl groups excluding tert-OH is 1. The van der Waals surface area contributed by atoms with Gasteiger partial charge in [-0.15, -0.1) is 0 Å². The zero-order valence-electron chi connectivity index (χ0n) is 13.5. The molecule has 0 aromatic rings. The molecule has 2 fully saturated rings. The molecular formula is C16H29NO4. The summed E-state index contributed by atoms with van der Waals surface area (Å²) in [6.07, 6.45) is 3.13. The highest BCUT2D eigenvalue weighted by molar-refractivity contribution is 5.68. The van der Waals surface area contributed by atoms with Gasteiger partial charge in [-0.1, -0.05) is 0 Å². The van der Waals surface area contributed by atoms with Crippen LogP contribution in [0.5, 0.6) is 0 Å². The fraction of sp³-hybridized carbons (Fsp3) is 0.938. The van der Waals surface area contributed by atoms with E-state index in [1.807, 2.05) is 20.8 Å². The Hall–Kier alpha value is -0.810. The number of piperidine rings is 1. The second kappa shape index (κ2) is 6.97. The first-order valence-electron chi connectivity index (χ1n) is 8.10. The largest absolute Gasteiger partial charge is 0.444 e. The smallest absolute Gasteiger partial charge is 0.410 e. The van der Waals surface area contributed by atoms with Crippen molar-refractivity contribution < 1.29 is 19.4 Å². The fourth-order valence-electron chi connectivity index (χ4n) is 3.19. The van der Waals surface area contributed by atoms with E-state index in [9.17, 15) is 9.90 Å². The number of rotatable bonds is 2. The van der Waals surface area contributed by atoms with Gasteiger partial charge in [0.05, 0.1) is 6.10 Å². The van der Waals surface area contributed by atoms with Crippen molar-refractivity contribution in [1.29, 1.82) is 0 Å². The minimum Gasteiger partial charge on any atom is -0.444 e. The van der Waals surface area contributed by atoms with Gasteiger partial charge in [-0.05, 0) is 58.3 Å². The molecule has 5 heteroatoms. The summed E-state index contributed by atoms with van der Waals surface area (Å²) >= 11 is 0. The van der Waals surface area contributed by atoms with Gasteiger partial charge in [0.15, 0.2) is 0 Å². The number of hydrogen-bond donors (Lipinski definition) is 1. The minimum atomic E-state index is -0.449. The van der Waals surface area contributed by atoms with Crippen LogP contribution < -0.4 is 0 Å². The molecule has 0 saturated carbocycles. The monoisotopic (exact) mass is 299 g/mol. The van der Waals surface area contributed by atoms with Gasteiger partial charge in [0.2, 0.25) is 0 Å². The van der Waals surface area contributed by atoms with E-state index in [-0.39, 0.29) is 12.2 Å². The number of carbonyl (C=O) groups excluding carboxylic acids is 1. The van der Waals surface area contributed by atoms with E-state index in [1.54, 1.807) is 4.90 Å². The van der Waals surface area contributed by atoms with Crippen LogP contribution in [-0.4, -0.2) is 54.1 Å². The van der Waals surface area contributed by atoms with E-state index in [1.165, 1.54) is 0 Å². The van der Waals surface area contributed by atoms with E-state index < -0.39 is 5.60 Å². The molecule has 0 aliphatic carbocycles. The highest BCUT2D eigenvalue weighted by Crippen LogP contribution is 2.30. The lowest BCUT2D eigenvalue weighted by Gasteiger charge is -2.38. The van der Waals surface area contributed by atoms with Crippen LogP contribution in [0, 0.1) is 11.8 Å². The number of amides is 1. The topological polar surface area (TPSA) is 59.0 Å². The van der Waals surface area contributed by atoms with Gasteiger partial charge < -0.3 is 19.5 Å². The number of nitrogens with zero attached hydrogens (tertiary/aromatic N) is 1. The lowest BCUT2D eigenvalue weighted by molar-refractivity contribution is -0.0348. The Kier molecular flexibility index (Phi) is 5.49. The normalized spacial score (nSPS) is 23.9. The summed E-state index contributed by atoms with van der Waals surface area (Å²) in [5, 5.41) is 10.5. The Morgan fingerprint density at radius 3 is 2.19 bits per heavy atom. The van der Waals surface area contributed by atoms with Gasteiger partial charge in [-0.3, -0.25) is 0 Å². The van der Waals surface area contributed by atoms with Crippen LogP contribution in [0.1, 0.15) is 46.5 Å². The van der Waals surface area contributed by atoms with Crippen LogP contribution in [0.3, 0.4) is 0 Å². The van der Waals surface area contributed by atoms with E-state index >= 15 is 0 Å². The van der Waals surface area contributed by atoms with Crippen LogP contribution in [0.4, 0.5) is 4.79 Å². The standard InChI is InChI=1S/C16H29NO4/c1-16(2,3)21-15(19)17-8-4-12(5-9-17)14(18)13-6-10-20-11-7-13/h12-14,18H,4-11H2,1-3H3. The third kappa shape index (κ3) is 4.85. The first-order valence-corrected chi connectivity index (χ1v) is 8.10. The maximum Gasteiger partial charge on any atom is 0.410 e. The molecule has 1 N–H and O–H groups in total. The number of ether oxygens (including phenoxy) is 2. The molecule has 0 spiro atoms. The van der Waals surface area contributed by atoms with Crippen molar-refractivity contribution in [2.75, 3.05) is 26.3 Å². The summed E-state index contributed by atoms with van der Waals surface area (Å²) in [7, 11) is 0. The summed E-state index contributed by atoms with van der Waals surface area (Å²) in [4.78, 5) is 13.8. The number of aliphatic hydroxyl groups is 1. The molecule has 2 heterocycles. The van der Waals surface area contributed by atoms with Gasteiger partial charge in [0.25, 0.3) is 0 Å². The molecule has 5 nitrogen and oxygen atoms in total. The summed E-state index contributed by atoms with van der Waals surface area (Å²) < 4.78 is 10.7. The lowest BCUT2D eigenvalue weighted by atomic mass is 9.81. The van der Waals surface area contributed by atoms with Crippen molar-refractivity contribution in [2.24, 2.45) is 11.8 Å². The summed E-state index contributed by atoms with van der Waals surface area (Å²) in [6.45, 7) is 8.53. The first-order chi connectivity index (χ1) is 9.87. The maximum atomic E-state index is 12.0. The predicted molar refractivity (Wildman–Crippen MR) is 80.1 cm³/mol. The fourth-order valence-corrected chi connectivity index (χ4v) is 3.19. The van der Waals surface area contributed by atoms with Gasteiger partial charge in [0.1, 0.15) is 5.60 Å². The van der Waals surface area contributed by atoms with Crippen molar-refractivity contribution in [3.63, 3.8) is 0 Å². The molecule has 2 aliphatic heterocycles. The van der Waals surface area contributed by atoms with Gasteiger partial charge >= 0.3 is 6.09 Å². The van der Waals surface area contributed by atoms with Crippen LogP contribution in [0.15, 0.2) is 0 Å². The highest BCUT2D eigenvalue weighted by Gasteiger charge is 2.33. The molecule has 0 bridgehead atoms. The van der Waals surface area contributed by atoms with Crippen molar-refractivity contribution in [3.8, 4) is 0 Å². The Labute approximate surface area is 127 Å². The predicted octanol–water partition coefficient (Wildman–Crippen LogP) is 2.42. The molecular weight excluding hydrogens is 270 g/mol. The number of carbonyl (C=O) groups is 1. The molecule has 2 rings (SSSR count). The van der Waals surface area contributed by atoms with E-state index in [2.05, 4.69) is 0 Å². The molecule has 21 heavy (non-hydrogen) atoms. The molecule has 0 aromatic carbocycles. The SMILES string of the molecule is CC(C)(C)OC(=O)N1CCC(C(O)C2CCOCC2)CC1. The average molecular weight is 299 g/mol. The third-order valence-electron chi connectivity index (χ3n) is 4.42. The molecule has 0 radical (unpaired) electrons. The van der Waals surface area contributed by atoms with Crippen LogP contribution in [-0.2, 0) is 9.47 Å². The van der Waals surface area contributed by atoms with E-state index in [0.717, 1.165) is 38.9 Å². The average Bonchev–Trinajstić information content (AvgIpc) is 2.46. The zero-order chi connectivity index (χ0) is 15.5. The first kappa shape index (κ1) is 16.6. The summed E-state index contributed by atoms with van der Waals surface area (Å²) in [6, 6.07) is 0. The van der Waals surface area contributed by atoms with Gasteiger partial charge in [-0.25, -0.2) is 4.79 Å². The van der Waals surface area contributed by atoms with Crippen molar-refractivity contribution in [3.05, 3.63) is 0 Å². The van der Waals surface area contributed by atoms with Crippen LogP contribution in [0.2, 0.25) is 0 Å². The van der Waals surface area contributed by atoms with Crippen LogP contribution >= 0.6 is 0 Å². The molecule has 1 amide bonds. The van der Waals surface area contributed by atoms with Crippen molar-refractivity contribution in [1.82, 2.24) is 4.90 Å². The number of hydrogen-bond acceptors (Lipinski definition) is 4. The Bertz CT molecular complexity index is 339. The van der Waals surface area contributed by atoms with Crippen molar-refractivity contribution >= 4 is 6.09 Å². The van der Waals surface area contributed by atoms with Crippen LogP contribution in [0.25, 0.3) is 0 Å². The summed E-state index contributed by atoms with van der Waals surface area (Å²) in [5.74, 6) is 0.656. The molecule has 0 aromatic heterocycles. The van der Waals surface area contributed by atoms with Gasteiger partial charge in [-0.2, -0.15) is 0 Å². The van der Waals surface area contributed by atoms with Gasteiger partial charge in [0, 0.05) is 26.3 Å². The van der Waals surface area contributed by atoms with E-state index in [0.29, 0.717) is 24.9 Å². The molecule has 122 valence electrons. The zero-order valence-corrected chi connectivity index (χ0v) is 13.5. The Morgan fingerprint density at radius 1 is 1.14 bits per heavy atom. The molecule has 1 atom stereocenters. The third-order valence-corrected chi connectivity index (χ3v) is 4.42. The Morgan fingerprint density at radius 2 is 1.67 bits per heavy atom. The number of likely N-dealkylation sites (tertiary alicyclic amines) is 1. The minimum absolute atomic E-state index is 0.235. The Balaban J connectivity index is 1.78. The second-order valence-corrected chi connectivity index (χ2v) is 7.25. The summed E-state index contributed by atoms with van der Waals surface area (Å²) in [5.41, 5.74) is -0.449. The molecule has 2 saturated heterocycles. The maximum absolute atomic E-state index is 12.0. The molecule has 1 unspecified atom stereocenters. The lowest BCUT2D eigenvalue weighted by Crippen LogP contribution is -2.45. The second-order valence-electron chi connectivity index (χ2n) is 7.25.